The zero-order valence-corrected chi connectivity index (χ0v) is 13.0. The number of rotatable bonds is 5. The first kappa shape index (κ1) is 14.9. The summed E-state index contributed by atoms with van der Waals surface area (Å²) >= 11 is 0. The molecule has 0 radical (unpaired) electrons. The van der Waals surface area contributed by atoms with Gasteiger partial charge in [-0.1, -0.05) is 25.0 Å². The van der Waals surface area contributed by atoms with Gasteiger partial charge >= 0.3 is 0 Å². The molecule has 0 spiro atoms. The molecular formula is C18H28N2O. The summed E-state index contributed by atoms with van der Waals surface area (Å²) in [5.41, 5.74) is 8.03. The Kier molecular flexibility index (Phi) is 5.15. The van der Waals surface area contributed by atoms with Crippen LogP contribution in [0.25, 0.3) is 0 Å². The Morgan fingerprint density at radius 1 is 1.10 bits per heavy atom. The lowest BCUT2D eigenvalue weighted by atomic mass is 10.1. The molecular weight excluding hydrogens is 260 g/mol. The lowest BCUT2D eigenvalue weighted by molar-refractivity contribution is -0.00961. The van der Waals surface area contributed by atoms with Crippen molar-refractivity contribution in [1.82, 2.24) is 4.90 Å². The predicted molar refractivity (Wildman–Crippen MR) is 87.1 cm³/mol. The van der Waals surface area contributed by atoms with E-state index >= 15 is 0 Å². The average molecular weight is 288 g/mol. The molecule has 2 N–H and O–H groups in total. The van der Waals surface area contributed by atoms with E-state index in [9.17, 15) is 0 Å². The highest BCUT2D eigenvalue weighted by Gasteiger charge is 2.22. The van der Waals surface area contributed by atoms with Crippen LogP contribution in [0.15, 0.2) is 24.3 Å². The summed E-state index contributed by atoms with van der Waals surface area (Å²) in [6.45, 7) is 4.30. The van der Waals surface area contributed by atoms with Gasteiger partial charge in [-0.25, -0.2) is 0 Å². The minimum Gasteiger partial charge on any atom is -0.399 e. The summed E-state index contributed by atoms with van der Waals surface area (Å²) in [6.07, 6.45) is 8.43. The summed E-state index contributed by atoms with van der Waals surface area (Å²) in [5.74, 6) is 0.843. The van der Waals surface area contributed by atoms with Crippen molar-refractivity contribution in [2.45, 2.75) is 51.2 Å². The van der Waals surface area contributed by atoms with Crippen LogP contribution in [0.1, 0.15) is 44.1 Å². The van der Waals surface area contributed by atoms with Gasteiger partial charge in [-0.15, -0.1) is 0 Å². The van der Waals surface area contributed by atoms with Gasteiger partial charge < -0.3 is 10.5 Å². The lowest BCUT2D eigenvalue weighted by Gasteiger charge is -2.32. The third kappa shape index (κ3) is 4.45. The molecule has 3 heteroatoms. The lowest BCUT2D eigenvalue weighted by Crippen LogP contribution is -2.37. The van der Waals surface area contributed by atoms with E-state index in [-0.39, 0.29) is 0 Å². The van der Waals surface area contributed by atoms with E-state index < -0.39 is 0 Å². The van der Waals surface area contributed by atoms with E-state index in [0.717, 1.165) is 37.8 Å². The van der Waals surface area contributed by atoms with E-state index in [0.29, 0.717) is 6.10 Å². The Balaban J connectivity index is 1.38. The van der Waals surface area contributed by atoms with E-state index in [2.05, 4.69) is 17.0 Å². The Bertz CT molecular complexity index is 435. The number of benzene rings is 1. The molecule has 3 rings (SSSR count). The largest absolute Gasteiger partial charge is 0.399 e. The van der Waals surface area contributed by atoms with Crippen LogP contribution >= 0.6 is 0 Å². The minimum atomic E-state index is 0.489. The number of hydrogen-bond donors (Lipinski definition) is 1. The van der Waals surface area contributed by atoms with Crippen LogP contribution in [0, 0.1) is 5.92 Å². The number of piperidine rings is 1. The number of nitrogens with zero attached hydrogens (tertiary/aromatic N) is 1. The molecule has 1 aliphatic heterocycles. The summed E-state index contributed by atoms with van der Waals surface area (Å²) in [5, 5.41) is 0. The maximum absolute atomic E-state index is 6.14. The Morgan fingerprint density at radius 2 is 1.86 bits per heavy atom. The summed E-state index contributed by atoms with van der Waals surface area (Å²) in [4.78, 5) is 2.52. The number of ether oxygens (including phenoxy) is 1. The molecule has 1 heterocycles. The number of likely N-dealkylation sites (tertiary alicyclic amines) is 1. The fourth-order valence-electron chi connectivity index (χ4n) is 3.63. The topological polar surface area (TPSA) is 38.5 Å². The maximum Gasteiger partial charge on any atom is 0.0599 e. The first-order valence-corrected chi connectivity index (χ1v) is 8.48. The quantitative estimate of drug-likeness (QED) is 0.844. The van der Waals surface area contributed by atoms with Crippen molar-refractivity contribution < 1.29 is 4.74 Å². The van der Waals surface area contributed by atoms with Crippen molar-refractivity contribution in [2.75, 3.05) is 25.4 Å². The molecule has 0 unspecified atom stereocenters. The second-order valence-corrected chi connectivity index (χ2v) is 6.70. The third-order valence-electron chi connectivity index (χ3n) is 4.93. The van der Waals surface area contributed by atoms with Crippen LogP contribution < -0.4 is 5.73 Å². The number of nitrogens with two attached hydrogens (primary N) is 1. The molecule has 3 nitrogen and oxygen atoms in total. The summed E-state index contributed by atoms with van der Waals surface area (Å²) < 4.78 is 6.14. The normalized spacial score (nSPS) is 21.9. The molecule has 0 atom stereocenters. The van der Waals surface area contributed by atoms with Gasteiger partial charge in [-0.3, -0.25) is 4.90 Å². The Hall–Kier alpha value is -1.06. The van der Waals surface area contributed by atoms with E-state index in [4.69, 9.17) is 10.5 Å². The molecule has 2 aliphatic rings. The van der Waals surface area contributed by atoms with Gasteiger partial charge in [0.15, 0.2) is 0 Å². The van der Waals surface area contributed by atoms with Gasteiger partial charge in [-0.05, 0) is 49.3 Å². The van der Waals surface area contributed by atoms with Gasteiger partial charge in [0, 0.05) is 31.9 Å². The zero-order valence-electron chi connectivity index (χ0n) is 13.0. The first-order valence-electron chi connectivity index (χ1n) is 8.48. The van der Waals surface area contributed by atoms with Crippen molar-refractivity contribution in [1.29, 1.82) is 0 Å². The monoisotopic (exact) mass is 288 g/mol. The molecule has 0 aromatic heterocycles. The van der Waals surface area contributed by atoms with Gasteiger partial charge in [0.05, 0.1) is 6.10 Å². The molecule has 0 amide bonds. The van der Waals surface area contributed by atoms with E-state index in [1.54, 1.807) is 0 Å². The van der Waals surface area contributed by atoms with Crippen molar-refractivity contribution in [3.8, 4) is 0 Å². The van der Waals surface area contributed by atoms with Gasteiger partial charge in [0.1, 0.15) is 0 Å². The fourth-order valence-corrected chi connectivity index (χ4v) is 3.63. The Morgan fingerprint density at radius 3 is 2.57 bits per heavy atom. The summed E-state index contributed by atoms with van der Waals surface area (Å²) in [7, 11) is 0. The number of hydrogen-bond acceptors (Lipinski definition) is 3. The maximum atomic E-state index is 6.14. The molecule has 1 aliphatic carbocycles. The van der Waals surface area contributed by atoms with E-state index in [1.165, 1.54) is 44.1 Å². The van der Waals surface area contributed by atoms with Crippen LogP contribution in [0.5, 0.6) is 0 Å². The molecule has 2 fully saturated rings. The minimum absolute atomic E-state index is 0.489. The Labute approximate surface area is 128 Å². The van der Waals surface area contributed by atoms with Crippen molar-refractivity contribution in [3.05, 3.63) is 29.8 Å². The fraction of sp³-hybridized carbons (Fsp3) is 0.667. The second kappa shape index (κ2) is 7.28. The SMILES string of the molecule is Nc1cccc(CN2CCC(OCC3CCCC3)CC2)c1. The van der Waals surface area contributed by atoms with Crippen molar-refractivity contribution in [2.24, 2.45) is 5.92 Å². The summed E-state index contributed by atoms with van der Waals surface area (Å²) in [6, 6.07) is 8.25. The molecule has 0 bridgehead atoms. The predicted octanol–water partition coefficient (Wildman–Crippen LogP) is 3.44. The average Bonchev–Trinajstić information content (AvgIpc) is 3.00. The smallest absolute Gasteiger partial charge is 0.0599 e. The zero-order chi connectivity index (χ0) is 14.5. The molecule has 1 aromatic rings. The van der Waals surface area contributed by atoms with Crippen LogP contribution in [0.2, 0.25) is 0 Å². The molecule has 21 heavy (non-hydrogen) atoms. The van der Waals surface area contributed by atoms with Gasteiger partial charge in [0.25, 0.3) is 0 Å². The highest BCUT2D eigenvalue weighted by molar-refractivity contribution is 5.40. The molecule has 1 saturated carbocycles. The molecule has 1 aromatic carbocycles. The van der Waals surface area contributed by atoms with Crippen LogP contribution in [0.4, 0.5) is 5.69 Å². The van der Waals surface area contributed by atoms with Crippen LogP contribution in [-0.2, 0) is 11.3 Å². The highest BCUT2D eigenvalue weighted by Crippen LogP contribution is 2.26. The third-order valence-corrected chi connectivity index (χ3v) is 4.93. The first-order chi connectivity index (χ1) is 10.3. The van der Waals surface area contributed by atoms with Crippen molar-refractivity contribution in [3.63, 3.8) is 0 Å². The van der Waals surface area contributed by atoms with Crippen molar-refractivity contribution >= 4 is 5.69 Å². The van der Waals surface area contributed by atoms with Gasteiger partial charge in [0.2, 0.25) is 0 Å². The van der Waals surface area contributed by atoms with Crippen LogP contribution in [0.3, 0.4) is 0 Å². The standard InChI is InChI=1S/C18H28N2O/c19-17-7-3-6-16(12-17)13-20-10-8-18(9-11-20)21-14-15-4-1-2-5-15/h3,6-7,12,15,18H,1-2,4-5,8-11,13-14,19H2. The number of nitrogen functional groups attached to an aromatic ring is 1. The molecule has 116 valence electrons. The van der Waals surface area contributed by atoms with Crippen LogP contribution in [-0.4, -0.2) is 30.7 Å². The second-order valence-electron chi connectivity index (χ2n) is 6.70. The van der Waals surface area contributed by atoms with Gasteiger partial charge in [-0.2, -0.15) is 0 Å². The number of anilines is 1. The molecule has 1 saturated heterocycles. The highest BCUT2D eigenvalue weighted by atomic mass is 16.5. The van der Waals surface area contributed by atoms with E-state index in [1.807, 2.05) is 12.1 Å².